The highest BCUT2D eigenvalue weighted by Crippen LogP contribution is 2.39. The van der Waals surface area contributed by atoms with Gasteiger partial charge in [0.2, 0.25) is 0 Å². The Balaban J connectivity index is 1.36. The minimum absolute atomic E-state index is 0.0135. The number of aryl methyl sites for hydroxylation is 1. The summed E-state index contributed by atoms with van der Waals surface area (Å²) in [4.78, 5) is 22.0. The van der Waals surface area contributed by atoms with Gasteiger partial charge in [-0.25, -0.2) is 9.78 Å². The second-order valence-corrected chi connectivity index (χ2v) is 8.96. The predicted octanol–water partition coefficient (Wildman–Crippen LogP) is 4.81. The van der Waals surface area contributed by atoms with Crippen LogP contribution in [0.5, 0.6) is 5.75 Å². The molecule has 1 N–H and O–H groups in total. The molecule has 0 aromatic carbocycles. The fraction of sp³-hybridized carbons (Fsp3) is 0.542. The number of hydrogen-bond donors (Lipinski definition) is 1. The lowest BCUT2D eigenvalue weighted by atomic mass is 9.82. The van der Waals surface area contributed by atoms with E-state index in [0.717, 1.165) is 5.69 Å². The van der Waals surface area contributed by atoms with Crippen LogP contribution in [-0.4, -0.2) is 53.5 Å². The van der Waals surface area contributed by atoms with Crippen LogP contribution < -0.4 is 9.64 Å². The number of ether oxygens (including phenoxy) is 2. The van der Waals surface area contributed by atoms with Crippen molar-refractivity contribution in [2.45, 2.75) is 44.9 Å². The Labute approximate surface area is 195 Å². The molecule has 0 amide bonds. The summed E-state index contributed by atoms with van der Waals surface area (Å²) < 4.78 is 50.3. The summed E-state index contributed by atoms with van der Waals surface area (Å²) in [6, 6.07) is 5.37. The van der Waals surface area contributed by atoms with Gasteiger partial charge in [-0.3, -0.25) is 4.98 Å². The number of pyridine rings is 2. The quantitative estimate of drug-likeness (QED) is 0.637. The fourth-order valence-corrected chi connectivity index (χ4v) is 4.53. The molecule has 2 aliphatic rings. The third-order valence-corrected chi connectivity index (χ3v) is 6.58. The molecule has 1 aliphatic heterocycles. The van der Waals surface area contributed by atoms with Gasteiger partial charge < -0.3 is 19.5 Å². The predicted molar refractivity (Wildman–Crippen MR) is 118 cm³/mol. The van der Waals surface area contributed by atoms with Gasteiger partial charge >= 0.3 is 12.1 Å². The third-order valence-electron chi connectivity index (χ3n) is 6.58. The summed E-state index contributed by atoms with van der Waals surface area (Å²) in [5.41, 5.74) is 1.99. The molecular formula is C24H28F3N3O4. The lowest BCUT2D eigenvalue weighted by Crippen LogP contribution is -2.38. The molecule has 0 spiro atoms. The highest BCUT2D eigenvalue weighted by molar-refractivity contribution is 5.87. The molecule has 10 heteroatoms. The van der Waals surface area contributed by atoms with E-state index in [0.29, 0.717) is 56.2 Å². The highest BCUT2D eigenvalue weighted by Gasteiger charge is 2.41. The van der Waals surface area contributed by atoms with E-state index in [-0.39, 0.29) is 30.6 Å². The van der Waals surface area contributed by atoms with E-state index in [2.05, 4.69) is 14.9 Å². The number of halogens is 3. The second kappa shape index (κ2) is 10.2. The van der Waals surface area contributed by atoms with Gasteiger partial charge in [0.15, 0.2) is 5.69 Å². The Morgan fingerprint density at radius 1 is 1.24 bits per heavy atom. The largest absolute Gasteiger partial charge is 0.492 e. The van der Waals surface area contributed by atoms with E-state index in [1.165, 1.54) is 0 Å². The highest BCUT2D eigenvalue weighted by atomic mass is 19.4. The van der Waals surface area contributed by atoms with E-state index in [1.54, 1.807) is 31.5 Å². The van der Waals surface area contributed by atoms with Crippen molar-refractivity contribution in [2.75, 3.05) is 31.2 Å². The monoisotopic (exact) mass is 479 g/mol. The summed E-state index contributed by atoms with van der Waals surface area (Å²) >= 11 is 0. The van der Waals surface area contributed by atoms with Crippen LogP contribution in [0.4, 0.5) is 18.9 Å². The Bertz CT molecular complexity index is 1010. The van der Waals surface area contributed by atoms with Crippen LogP contribution in [0.2, 0.25) is 0 Å². The normalized spacial score (nSPS) is 23.5. The van der Waals surface area contributed by atoms with Gasteiger partial charge in [-0.2, -0.15) is 13.2 Å². The summed E-state index contributed by atoms with van der Waals surface area (Å²) in [6.45, 7) is 3.61. The fourth-order valence-electron chi connectivity index (χ4n) is 4.53. The smallest absolute Gasteiger partial charge is 0.391 e. The number of carboxylic acids is 1. The van der Waals surface area contributed by atoms with Crippen molar-refractivity contribution in [3.63, 3.8) is 0 Å². The minimum Gasteiger partial charge on any atom is -0.492 e. The first-order valence-electron chi connectivity index (χ1n) is 11.4. The number of carbonyl (C=O) groups is 1. The first-order chi connectivity index (χ1) is 16.2. The van der Waals surface area contributed by atoms with Crippen molar-refractivity contribution >= 4 is 11.7 Å². The SMILES string of the molecule is Cc1ccc(C2CN(c3cncc(OCC4CCC(C(F)(F)F)CC4)c3)CCO2)nc1C(=O)O. The van der Waals surface area contributed by atoms with Crippen molar-refractivity contribution in [1.82, 2.24) is 9.97 Å². The number of alkyl halides is 3. The Hall–Kier alpha value is -2.88. The summed E-state index contributed by atoms with van der Waals surface area (Å²) in [5.74, 6) is -1.60. The Kier molecular flexibility index (Phi) is 7.25. The van der Waals surface area contributed by atoms with Crippen LogP contribution in [-0.2, 0) is 4.74 Å². The number of aromatic carboxylic acids is 1. The van der Waals surface area contributed by atoms with Gasteiger partial charge in [0.1, 0.15) is 11.9 Å². The number of anilines is 1. The molecule has 1 saturated heterocycles. The molecule has 4 rings (SSSR count). The van der Waals surface area contributed by atoms with Crippen molar-refractivity contribution in [3.05, 3.63) is 47.5 Å². The van der Waals surface area contributed by atoms with Crippen molar-refractivity contribution in [3.8, 4) is 5.75 Å². The number of rotatable bonds is 6. The molecule has 1 aliphatic carbocycles. The zero-order chi connectivity index (χ0) is 24.3. The molecular weight excluding hydrogens is 451 g/mol. The first-order valence-corrected chi connectivity index (χ1v) is 11.4. The molecule has 0 bridgehead atoms. The Morgan fingerprint density at radius 3 is 2.71 bits per heavy atom. The lowest BCUT2D eigenvalue weighted by molar-refractivity contribution is -0.184. The molecule has 2 aromatic heterocycles. The van der Waals surface area contributed by atoms with Crippen LogP contribution in [0.1, 0.15) is 53.5 Å². The van der Waals surface area contributed by atoms with Crippen LogP contribution in [0.3, 0.4) is 0 Å². The minimum atomic E-state index is -4.11. The first kappa shape index (κ1) is 24.3. The molecule has 1 atom stereocenters. The maximum absolute atomic E-state index is 12.9. The standard InChI is InChI=1S/C24H28F3N3O4/c1-15-2-7-20(29-22(15)23(31)32)21-13-30(8-9-33-21)18-10-19(12-28-11-18)34-14-16-3-5-17(6-4-16)24(25,26)27/h2,7,10-12,16-17,21H,3-6,8-9,13-14H2,1H3,(H,31,32). The van der Waals surface area contributed by atoms with Gasteiger partial charge in [-0.1, -0.05) is 6.07 Å². The maximum Gasteiger partial charge on any atom is 0.391 e. The molecule has 184 valence electrons. The number of morpholine rings is 1. The molecule has 1 saturated carbocycles. The van der Waals surface area contributed by atoms with Crippen LogP contribution >= 0.6 is 0 Å². The lowest BCUT2D eigenvalue weighted by Gasteiger charge is -2.34. The van der Waals surface area contributed by atoms with Gasteiger partial charge in [0.25, 0.3) is 0 Å². The molecule has 2 fully saturated rings. The van der Waals surface area contributed by atoms with E-state index >= 15 is 0 Å². The number of hydrogen-bond acceptors (Lipinski definition) is 6. The number of aromatic nitrogens is 2. The van der Waals surface area contributed by atoms with Crippen molar-refractivity contribution in [1.29, 1.82) is 0 Å². The van der Waals surface area contributed by atoms with E-state index in [9.17, 15) is 23.1 Å². The van der Waals surface area contributed by atoms with E-state index in [4.69, 9.17) is 9.47 Å². The molecule has 0 radical (unpaired) electrons. The van der Waals surface area contributed by atoms with Crippen LogP contribution in [0.25, 0.3) is 0 Å². The molecule has 2 aromatic rings. The van der Waals surface area contributed by atoms with Gasteiger partial charge in [-0.05, 0) is 50.2 Å². The second-order valence-electron chi connectivity index (χ2n) is 8.96. The third kappa shape index (κ3) is 5.78. The number of nitrogens with zero attached hydrogens (tertiary/aromatic N) is 3. The zero-order valence-electron chi connectivity index (χ0n) is 18.9. The summed E-state index contributed by atoms with van der Waals surface area (Å²) in [5, 5.41) is 9.36. The molecule has 3 heterocycles. The van der Waals surface area contributed by atoms with Crippen molar-refractivity contribution < 1.29 is 32.5 Å². The molecule has 34 heavy (non-hydrogen) atoms. The average Bonchev–Trinajstić information content (AvgIpc) is 2.83. The van der Waals surface area contributed by atoms with Gasteiger partial charge in [0.05, 0.1) is 49.5 Å². The zero-order valence-corrected chi connectivity index (χ0v) is 18.9. The average molecular weight is 479 g/mol. The van der Waals surface area contributed by atoms with E-state index < -0.39 is 18.1 Å². The maximum atomic E-state index is 12.9. The topological polar surface area (TPSA) is 84.8 Å². The van der Waals surface area contributed by atoms with Crippen LogP contribution in [0.15, 0.2) is 30.6 Å². The summed E-state index contributed by atoms with van der Waals surface area (Å²) in [6.07, 6.45) is 0.139. The molecule has 1 unspecified atom stereocenters. The Morgan fingerprint density at radius 2 is 2.00 bits per heavy atom. The van der Waals surface area contributed by atoms with E-state index in [1.807, 2.05) is 6.07 Å². The summed E-state index contributed by atoms with van der Waals surface area (Å²) in [7, 11) is 0. The van der Waals surface area contributed by atoms with Crippen molar-refractivity contribution in [2.24, 2.45) is 11.8 Å². The number of carboxylic acid groups (broad SMARTS) is 1. The van der Waals surface area contributed by atoms with Gasteiger partial charge in [0, 0.05) is 12.6 Å². The van der Waals surface area contributed by atoms with Crippen LogP contribution in [0, 0.1) is 18.8 Å². The van der Waals surface area contributed by atoms with Gasteiger partial charge in [-0.15, -0.1) is 0 Å². The molecule has 7 nitrogen and oxygen atoms in total.